The largest absolute Gasteiger partial charge is 0.452 e. The zero-order valence-electron chi connectivity index (χ0n) is 15.3. The molecule has 0 spiro atoms. The van der Waals surface area contributed by atoms with E-state index in [-0.39, 0.29) is 11.5 Å². The number of esters is 1. The van der Waals surface area contributed by atoms with E-state index < -0.39 is 18.0 Å². The molecule has 3 rings (SSSR count). The number of carbonyl (C=O) groups excluding carboxylic acids is 3. The van der Waals surface area contributed by atoms with Gasteiger partial charge in [0.1, 0.15) is 11.3 Å². The monoisotopic (exact) mass is 398 g/mol. The summed E-state index contributed by atoms with van der Waals surface area (Å²) in [6.07, 6.45) is -0.968. The number of thioether (sulfide) groups is 1. The van der Waals surface area contributed by atoms with E-state index >= 15 is 0 Å². The Morgan fingerprint density at radius 3 is 2.54 bits per heavy atom. The molecule has 28 heavy (non-hydrogen) atoms. The summed E-state index contributed by atoms with van der Waals surface area (Å²) in [6, 6.07) is 13.8. The molecule has 0 unspecified atom stereocenters. The number of ether oxygens (including phenoxy) is 1. The van der Waals surface area contributed by atoms with Gasteiger partial charge >= 0.3 is 5.97 Å². The Hall–Kier alpha value is -3.13. The molecule has 1 heterocycles. The van der Waals surface area contributed by atoms with Crippen LogP contribution in [0.3, 0.4) is 0 Å². The lowest BCUT2D eigenvalue weighted by Gasteiger charge is -2.13. The number of para-hydroxylation sites is 2. The van der Waals surface area contributed by atoms with Crippen LogP contribution in [0, 0.1) is 0 Å². The van der Waals surface area contributed by atoms with Crippen molar-refractivity contribution in [1.82, 2.24) is 4.98 Å². The van der Waals surface area contributed by atoms with Crippen LogP contribution in [-0.2, 0) is 14.3 Å². The third kappa shape index (κ3) is 4.98. The molecular weight excluding hydrogens is 380 g/mol. The number of anilines is 1. The lowest BCUT2D eigenvalue weighted by Crippen LogP contribution is -2.30. The zero-order valence-corrected chi connectivity index (χ0v) is 16.1. The number of ketones is 1. The van der Waals surface area contributed by atoms with E-state index in [1.54, 1.807) is 30.3 Å². The predicted octanol–water partition coefficient (Wildman–Crippen LogP) is 3.69. The Kier molecular flexibility index (Phi) is 6.10. The van der Waals surface area contributed by atoms with Gasteiger partial charge in [0.05, 0.1) is 0 Å². The van der Waals surface area contributed by atoms with E-state index in [9.17, 15) is 14.4 Å². The topological polar surface area (TPSA) is 98.5 Å². The van der Waals surface area contributed by atoms with Crippen molar-refractivity contribution in [1.29, 1.82) is 0 Å². The fourth-order valence-corrected chi connectivity index (χ4v) is 2.97. The number of nitrogens with one attached hydrogen (secondary N) is 1. The van der Waals surface area contributed by atoms with Gasteiger partial charge < -0.3 is 14.5 Å². The number of hydrogen-bond donors (Lipinski definition) is 1. The molecule has 3 aromatic rings. The van der Waals surface area contributed by atoms with Crippen molar-refractivity contribution in [2.24, 2.45) is 0 Å². The van der Waals surface area contributed by atoms with E-state index in [0.717, 1.165) is 11.8 Å². The summed E-state index contributed by atoms with van der Waals surface area (Å²) in [7, 11) is 0. The molecule has 1 atom stereocenters. The number of rotatable bonds is 7. The summed E-state index contributed by atoms with van der Waals surface area (Å²) in [5, 5.41) is 3.00. The van der Waals surface area contributed by atoms with Crippen LogP contribution in [0.5, 0.6) is 0 Å². The molecule has 0 aliphatic heterocycles. The fourth-order valence-electron chi connectivity index (χ4n) is 2.35. The normalized spacial score (nSPS) is 11.8. The molecule has 0 saturated carbocycles. The molecule has 1 N–H and O–H groups in total. The van der Waals surface area contributed by atoms with Gasteiger partial charge in [-0.1, -0.05) is 23.9 Å². The number of fused-ring (bicyclic) bond motifs is 1. The SMILES string of the molecule is CC(=O)c1ccc(NC(=O)[C@H](C)OC(=O)CSc2nc3ccccc3o2)cc1. The van der Waals surface area contributed by atoms with Gasteiger partial charge in [0, 0.05) is 11.3 Å². The molecule has 0 bridgehead atoms. The number of amides is 1. The van der Waals surface area contributed by atoms with E-state index in [2.05, 4.69) is 10.3 Å². The molecule has 0 radical (unpaired) electrons. The highest BCUT2D eigenvalue weighted by Gasteiger charge is 2.19. The summed E-state index contributed by atoms with van der Waals surface area (Å²) in [4.78, 5) is 39.7. The third-order valence-corrected chi connectivity index (χ3v) is 4.63. The van der Waals surface area contributed by atoms with Gasteiger partial charge in [-0.25, -0.2) is 4.98 Å². The second-order valence-electron chi connectivity index (χ2n) is 5.99. The minimum absolute atomic E-state index is 0.0300. The predicted molar refractivity (Wildman–Crippen MR) is 105 cm³/mol. The van der Waals surface area contributed by atoms with Crippen LogP contribution in [-0.4, -0.2) is 34.5 Å². The Morgan fingerprint density at radius 1 is 1.14 bits per heavy atom. The Bertz CT molecular complexity index is 980. The summed E-state index contributed by atoms with van der Waals surface area (Å²) in [5.41, 5.74) is 2.41. The molecule has 0 saturated heterocycles. The number of hydrogen-bond acceptors (Lipinski definition) is 7. The Morgan fingerprint density at radius 2 is 1.86 bits per heavy atom. The standard InChI is InChI=1S/C20H18N2O5S/c1-12(23)14-7-9-15(10-8-14)21-19(25)13(2)26-18(24)11-28-20-22-16-5-3-4-6-17(16)27-20/h3-10,13H,11H2,1-2H3,(H,21,25)/t13-/m0/s1. The van der Waals surface area contributed by atoms with Crippen LogP contribution in [0.15, 0.2) is 58.2 Å². The van der Waals surface area contributed by atoms with E-state index in [4.69, 9.17) is 9.15 Å². The summed E-state index contributed by atoms with van der Waals surface area (Å²) >= 11 is 1.10. The van der Waals surface area contributed by atoms with Crippen LogP contribution in [0.1, 0.15) is 24.2 Å². The quantitative estimate of drug-likeness (QED) is 0.368. The molecule has 1 amide bonds. The average molecular weight is 398 g/mol. The highest BCUT2D eigenvalue weighted by Crippen LogP contribution is 2.23. The first-order chi connectivity index (χ1) is 13.4. The molecule has 0 fully saturated rings. The lowest BCUT2D eigenvalue weighted by molar-refractivity contribution is -0.150. The summed E-state index contributed by atoms with van der Waals surface area (Å²) < 4.78 is 10.7. The second-order valence-corrected chi connectivity index (χ2v) is 6.92. The first kappa shape index (κ1) is 19.6. The van der Waals surface area contributed by atoms with E-state index in [1.807, 2.05) is 18.2 Å². The molecule has 8 heteroatoms. The number of aromatic nitrogens is 1. The van der Waals surface area contributed by atoms with E-state index in [0.29, 0.717) is 27.6 Å². The minimum Gasteiger partial charge on any atom is -0.452 e. The van der Waals surface area contributed by atoms with Gasteiger partial charge in [-0.05, 0) is 50.2 Å². The molecular formula is C20H18N2O5S. The molecule has 0 aliphatic carbocycles. The van der Waals surface area contributed by atoms with Gasteiger partial charge in [0.15, 0.2) is 17.5 Å². The number of oxazole rings is 1. The Labute approximate surface area is 165 Å². The van der Waals surface area contributed by atoms with Crippen LogP contribution >= 0.6 is 11.8 Å². The second kappa shape index (κ2) is 8.71. The molecule has 1 aromatic heterocycles. The van der Waals surface area contributed by atoms with Gasteiger partial charge in [-0.3, -0.25) is 14.4 Å². The first-order valence-corrected chi connectivity index (χ1v) is 9.50. The van der Waals surface area contributed by atoms with Gasteiger partial charge in [-0.15, -0.1) is 0 Å². The number of benzene rings is 2. The molecule has 2 aromatic carbocycles. The fraction of sp³-hybridized carbons (Fsp3) is 0.200. The Balaban J connectivity index is 1.48. The highest BCUT2D eigenvalue weighted by molar-refractivity contribution is 7.99. The maximum Gasteiger partial charge on any atom is 0.317 e. The van der Waals surface area contributed by atoms with Crippen molar-refractivity contribution in [3.05, 3.63) is 54.1 Å². The first-order valence-electron chi connectivity index (χ1n) is 8.52. The summed E-state index contributed by atoms with van der Waals surface area (Å²) in [6.45, 7) is 2.95. The lowest BCUT2D eigenvalue weighted by atomic mass is 10.1. The maximum absolute atomic E-state index is 12.2. The van der Waals surface area contributed by atoms with E-state index in [1.165, 1.54) is 13.8 Å². The maximum atomic E-state index is 12.2. The third-order valence-electron chi connectivity index (χ3n) is 3.82. The van der Waals surface area contributed by atoms with Crippen molar-refractivity contribution in [3.63, 3.8) is 0 Å². The smallest absolute Gasteiger partial charge is 0.317 e. The van der Waals surface area contributed by atoms with Gasteiger partial charge in [0.25, 0.3) is 11.1 Å². The molecule has 0 aliphatic rings. The van der Waals surface area contributed by atoms with Crippen molar-refractivity contribution in [3.8, 4) is 0 Å². The highest BCUT2D eigenvalue weighted by atomic mass is 32.2. The molecule has 7 nitrogen and oxygen atoms in total. The average Bonchev–Trinajstić information content (AvgIpc) is 3.09. The van der Waals surface area contributed by atoms with Crippen molar-refractivity contribution in [2.75, 3.05) is 11.1 Å². The van der Waals surface area contributed by atoms with Crippen LogP contribution in [0.25, 0.3) is 11.1 Å². The molecule has 144 valence electrons. The zero-order chi connectivity index (χ0) is 20.1. The van der Waals surface area contributed by atoms with Crippen molar-refractivity contribution >= 4 is 46.2 Å². The van der Waals surface area contributed by atoms with Crippen LogP contribution < -0.4 is 5.32 Å². The minimum atomic E-state index is -0.968. The van der Waals surface area contributed by atoms with Crippen molar-refractivity contribution in [2.45, 2.75) is 25.2 Å². The van der Waals surface area contributed by atoms with Crippen molar-refractivity contribution < 1.29 is 23.5 Å². The van der Waals surface area contributed by atoms with Crippen LogP contribution in [0.2, 0.25) is 0 Å². The van der Waals surface area contributed by atoms with Crippen LogP contribution in [0.4, 0.5) is 5.69 Å². The number of Topliss-reactive ketones (excluding diaryl/α,β-unsaturated/α-hetero) is 1. The number of carbonyl (C=O) groups is 3. The van der Waals surface area contributed by atoms with Gasteiger partial charge in [0.2, 0.25) is 0 Å². The number of nitrogens with zero attached hydrogens (tertiary/aromatic N) is 1. The summed E-state index contributed by atoms with van der Waals surface area (Å²) in [5.74, 6) is -1.10. The van der Waals surface area contributed by atoms with Gasteiger partial charge in [-0.2, -0.15) is 0 Å².